The van der Waals surface area contributed by atoms with Crippen molar-refractivity contribution in [1.82, 2.24) is 9.13 Å². The van der Waals surface area contributed by atoms with Gasteiger partial charge in [-0.1, -0.05) is 26.0 Å². The van der Waals surface area contributed by atoms with Crippen LogP contribution < -0.4 is 27.0 Å². The number of anilines is 2. The van der Waals surface area contributed by atoms with Crippen LogP contribution in [0.1, 0.15) is 24.2 Å². The lowest BCUT2D eigenvalue weighted by atomic mass is 10.1. The summed E-state index contributed by atoms with van der Waals surface area (Å²) in [6, 6.07) is 5.84. The van der Waals surface area contributed by atoms with E-state index < -0.39 is 30.2 Å². The molecule has 152 valence electrons. The molecule has 0 bridgehead atoms. The highest BCUT2D eigenvalue weighted by molar-refractivity contribution is 6.02. The first kappa shape index (κ1) is 21.1. The molecule has 0 atom stereocenters. The number of ether oxygens (including phenoxy) is 1. The number of rotatable bonds is 8. The van der Waals surface area contributed by atoms with E-state index in [1.54, 1.807) is 6.07 Å². The van der Waals surface area contributed by atoms with E-state index in [-0.39, 0.29) is 35.3 Å². The Labute approximate surface area is 159 Å². The fraction of sp³-hybridized carbons (Fsp3) is 0.389. The summed E-state index contributed by atoms with van der Waals surface area (Å²) >= 11 is 0. The van der Waals surface area contributed by atoms with Gasteiger partial charge in [0.2, 0.25) is 0 Å². The third-order valence-electron chi connectivity index (χ3n) is 3.95. The van der Waals surface area contributed by atoms with Crippen LogP contribution in [0.15, 0.2) is 33.9 Å². The molecular formula is C18H22F2N4O4. The summed E-state index contributed by atoms with van der Waals surface area (Å²) in [4.78, 5) is 37.3. The van der Waals surface area contributed by atoms with Gasteiger partial charge < -0.3 is 15.8 Å². The Morgan fingerprint density at radius 3 is 2.50 bits per heavy atom. The van der Waals surface area contributed by atoms with Crippen molar-refractivity contribution in [1.29, 1.82) is 0 Å². The highest BCUT2D eigenvalue weighted by Gasteiger charge is 2.22. The number of nitrogens with one attached hydrogen (secondary N) is 1. The van der Waals surface area contributed by atoms with Crippen LogP contribution in [0.4, 0.5) is 20.3 Å². The predicted octanol–water partition coefficient (Wildman–Crippen LogP) is 1.68. The first-order chi connectivity index (χ1) is 13.1. The number of halogens is 2. The van der Waals surface area contributed by atoms with E-state index in [2.05, 4.69) is 10.1 Å². The van der Waals surface area contributed by atoms with Crippen molar-refractivity contribution in [3.8, 4) is 5.75 Å². The van der Waals surface area contributed by atoms with Crippen LogP contribution in [0, 0.1) is 5.92 Å². The second kappa shape index (κ2) is 8.68. The van der Waals surface area contributed by atoms with E-state index in [0.29, 0.717) is 0 Å². The minimum atomic E-state index is -3.03. The third-order valence-corrected chi connectivity index (χ3v) is 3.95. The van der Waals surface area contributed by atoms with Crippen LogP contribution in [-0.2, 0) is 13.6 Å². The van der Waals surface area contributed by atoms with Crippen molar-refractivity contribution in [2.75, 3.05) is 17.6 Å². The Morgan fingerprint density at radius 2 is 1.89 bits per heavy atom. The van der Waals surface area contributed by atoms with Crippen molar-refractivity contribution < 1.29 is 18.3 Å². The molecule has 10 heteroatoms. The molecule has 0 radical (unpaired) electrons. The number of carbonyl (C=O) groups excluding carboxylic acids is 1. The monoisotopic (exact) mass is 396 g/mol. The molecule has 1 aromatic heterocycles. The quantitative estimate of drug-likeness (QED) is 0.658. The van der Waals surface area contributed by atoms with E-state index in [4.69, 9.17) is 5.73 Å². The summed E-state index contributed by atoms with van der Waals surface area (Å²) in [6.45, 7) is 0.529. The second-order valence-electron chi connectivity index (χ2n) is 6.56. The molecule has 0 spiro atoms. The molecule has 0 saturated carbocycles. The molecule has 8 nitrogen and oxygen atoms in total. The van der Waals surface area contributed by atoms with Crippen LogP contribution in [0.2, 0.25) is 0 Å². The molecule has 2 rings (SSSR count). The molecule has 0 aliphatic carbocycles. The predicted molar refractivity (Wildman–Crippen MR) is 101 cm³/mol. The number of hydrogen-bond donors (Lipinski definition) is 2. The number of Topliss-reactive ketones (excluding diaryl/α,β-unsaturated/α-hetero) is 1. The fourth-order valence-corrected chi connectivity index (χ4v) is 2.66. The average molecular weight is 396 g/mol. The van der Waals surface area contributed by atoms with Crippen molar-refractivity contribution in [2.24, 2.45) is 13.0 Å². The maximum absolute atomic E-state index is 12.6. The average Bonchev–Trinajstić information content (AvgIpc) is 2.62. The largest absolute Gasteiger partial charge is 0.433 e. The fourth-order valence-electron chi connectivity index (χ4n) is 2.66. The first-order valence-electron chi connectivity index (χ1n) is 8.53. The lowest BCUT2D eigenvalue weighted by Crippen LogP contribution is -2.43. The number of hydrogen-bond acceptors (Lipinski definition) is 6. The number of benzene rings is 1. The Bertz CT molecular complexity index is 983. The maximum atomic E-state index is 12.6. The summed E-state index contributed by atoms with van der Waals surface area (Å²) in [6.07, 6.45) is 0. The number of para-hydroxylation sites is 2. The topological polar surface area (TPSA) is 108 Å². The van der Waals surface area contributed by atoms with Gasteiger partial charge in [-0.2, -0.15) is 8.78 Å². The van der Waals surface area contributed by atoms with Gasteiger partial charge >= 0.3 is 12.3 Å². The zero-order chi connectivity index (χ0) is 21.0. The van der Waals surface area contributed by atoms with E-state index in [9.17, 15) is 23.2 Å². The third kappa shape index (κ3) is 4.56. The van der Waals surface area contributed by atoms with Crippen molar-refractivity contribution in [3.63, 3.8) is 0 Å². The van der Waals surface area contributed by atoms with Gasteiger partial charge in [0.15, 0.2) is 5.78 Å². The Balaban J connectivity index is 2.35. The van der Waals surface area contributed by atoms with Gasteiger partial charge in [-0.05, 0) is 18.1 Å². The van der Waals surface area contributed by atoms with Gasteiger partial charge in [0.25, 0.3) is 5.56 Å². The van der Waals surface area contributed by atoms with Crippen LogP contribution in [0.5, 0.6) is 5.75 Å². The number of nitrogens with zero attached hydrogens (tertiary/aromatic N) is 2. The normalized spacial score (nSPS) is 11.1. The molecule has 2 aromatic rings. The summed E-state index contributed by atoms with van der Waals surface area (Å²) in [5, 5.41) is 2.67. The van der Waals surface area contributed by atoms with Crippen LogP contribution in [0.3, 0.4) is 0 Å². The van der Waals surface area contributed by atoms with Crippen LogP contribution >= 0.6 is 0 Å². The SMILES string of the molecule is CC(C)Cn1c(N)c(C(=O)CNc2ccccc2OC(F)F)c(=O)n(C)c1=O. The number of carbonyl (C=O) groups is 1. The van der Waals surface area contributed by atoms with Crippen LogP contribution in [0.25, 0.3) is 0 Å². The lowest BCUT2D eigenvalue weighted by Gasteiger charge is -2.17. The molecule has 1 aromatic carbocycles. The molecule has 0 aliphatic rings. The summed E-state index contributed by atoms with van der Waals surface area (Å²) in [5.74, 6) is -0.985. The van der Waals surface area contributed by atoms with Crippen molar-refractivity contribution in [3.05, 3.63) is 50.7 Å². The standard InChI is InChI=1S/C18H22F2N4O4/c1-10(2)9-24-15(21)14(16(26)23(3)18(24)27)12(25)8-22-11-6-4-5-7-13(11)28-17(19)20/h4-7,10,17,22H,8-9,21H2,1-3H3. The van der Waals surface area contributed by atoms with E-state index in [1.807, 2.05) is 13.8 Å². The number of nitrogen functional groups attached to an aromatic ring is 1. The minimum absolute atomic E-state index is 0.0527. The lowest BCUT2D eigenvalue weighted by molar-refractivity contribution is -0.0493. The van der Waals surface area contributed by atoms with Crippen molar-refractivity contribution >= 4 is 17.3 Å². The van der Waals surface area contributed by atoms with E-state index in [0.717, 1.165) is 4.57 Å². The number of ketones is 1. The zero-order valence-corrected chi connectivity index (χ0v) is 15.7. The Kier molecular flexibility index (Phi) is 6.55. The smallest absolute Gasteiger partial charge is 0.387 e. The molecule has 0 fully saturated rings. The number of nitrogens with two attached hydrogens (primary N) is 1. The summed E-state index contributed by atoms with van der Waals surface area (Å²) < 4.78 is 31.4. The highest BCUT2D eigenvalue weighted by atomic mass is 19.3. The van der Waals surface area contributed by atoms with E-state index >= 15 is 0 Å². The van der Waals surface area contributed by atoms with E-state index in [1.165, 1.54) is 29.8 Å². The van der Waals surface area contributed by atoms with Gasteiger partial charge in [-0.15, -0.1) is 0 Å². The highest BCUT2D eigenvalue weighted by Crippen LogP contribution is 2.25. The molecule has 0 amide bonds. The zero-order valence-electron chi connectivity index (χ0n) is 15.7. The molecule has 0 unspecified atom stereocenters. The summed E-state index contributed by atoms with van der Waals surface area (Å²) in [5.41, 5.74) is 4.34. The van der Waals surface area contributed by atoms with Gasteiger partial charge in [-0.3, -0.25) is 18.7 Å². The summed E-state index contributed by atoms with van der Waals surface area (Å²) in [7, 11) is 1.26. The van der Waals surface area contributed by atoms with Gasteiger partial charge in [-0.25, -0.2) is 4.79 Å². The number of alkyl halides is 2. The van der Waals surface area contributed by atoms with Gasteiger partial charge in [0.05, 0.1) is 12.2 Å². The maximum Gasteiger partial charge on any atom is 0.387 e. The first-order valence-corrected chi connectivity index (χ1v) is 8.53. The molecule has 0 aliphatic heterocycles. The Morgan fingerprint density at radius 1 is 1.25 bits per heavy atom. The minimum Gasteiger partial charge on any atom is -0.433 e. The molecule has 3 N–H and O–H groups in total. The molecule has 1 heterocycles. The Hall–Kier alpha value is -3.17. The molecule has 28 heavy (non-hydrogen) atoms. The van der Waals surface area contributed by atoms with Gasteiger partial charge in [0.1, 0.15) is 17.1 Å². The van der Waals surface area contributed by atoms with Gasteiger partial charge in [0, 0.05) is 13.6 Å². The second-order valence-corrected chi connectivity index (χ2v) is 6.56. The number of aromatic nitrogens is 2. The van der Waals surface area contributed by atoms with Crippen molar-refractivity contribution in [2.45, 2.75) is 27.0 Å². The molecule has 0 saturated heterocycles. The van der Waals surface area contributed by atoms with Crippen LogP contribution in [-0.4, -0.2) is 28.1 Å². The molecular weight excluding hydrogens is 374 g/mol.